The van der Waals surface area contributed by atoms with Crippen molar-refractivity contribution in [3.63, 3.8) is 0 Å². The number of aliphatic hydroxyl groups excluding tert-OH is 2. The monoisotopic (exact) mass is 504 g/mol. The van der Waals surface area contributed by atoms with Gasteiger partial charge in [0.25, 0.3) is 0 Å². The molecule has 0 amide bonds. The molecule has 8 heteroatoms. The maximum absolute atomic E-state index is 12.2. The Hall–Kier alpha value is -3.10. The zero-order valence-electron chi connectivity index (χ0n) is 23.1. The van der Waals surface area contributed by atoms with Gasteiger partial charge in [0, 0.05) is 11.1 Å². The van der Waals surface area contributed by atoms with Crippen LogP contribution in [0, 0.1) is 0 Å². The maximum Gasteiger partial charge on any atom is 0.228 e. The van der Waals surface area contributed by atoms with Crippen LogP contribution < -0.4 is 0 Å². The summed E-state index contributed by atoms with van der Waals surface area (Å²) in [6.45, 7) is 11.3. The molecule has 0 saturated carbocycles. The second-order valence-corrected chi connectivity index (χ2v) is 8.95. The lowest BCUT2D eigenvalue weighted by Gasteiger charge is -2.30. The van der Waals surface area contributed by atoms with E-state index in [1.807, 2.05) is 39.8 Å². The second-order valence-electron chi connectivity index (χ2n) is 8.95. The molecule has 0 saturated heterocycles. The number of carbonyl (C=O) groups excluding carboxylic acids is 2. The minimum Gasteiger partial charge on any atom is -0.494 e. The minimum absolute atomic E-state index is 0.00902. The van der Waals surface area contributed by atoms with Crippen LogP contribution in [-0.2, 0) is 28.5 Å². The lowest BCUT2D eigenvalue weighted by molar-refractivity contribution is -0.121. The van der Waals surface area contributed by atoms with Gasteiger partial charge in [-0.1, -0.05) is 23.3 Å². The molecule has 8 nitrogen and oxygen atoms in total. The SMILES string of the molecule is COC1=C(OC)C(=O)C(CC=C(C)C)=C(C)C1=O.COC1=C(OC)C(O)C(CC=C(C)C)=C(C)C1O. The van der Waals surface area contributed by atoms with Crippen LogP contribution in [0.3, 0.4) is 0 Å². The summed E-state index contributed by atoms with van der Waals surface area (Å²) in [6.07, 6.45) is 3.24. The third kappa shape index (κ3) is 6.98. The van der Waals surface area contributed by atoms with Gasteiger partial charge in [0.1, 0.15) is 12.2 Å². The van der Waals surface area contributed by atoms with E-state index >= 15 is 0 Å². The molecule has 0 aromatic heterocycles. The first-order valence-electron chi connectivity index (χ1n) is 11.6. The fourth-order valence-corrected chi connectivity index (χ4v) is 3.77. The summed E-state index contributed by atoms with van der Waals surface area (Å²) < 4.78 is 20.2. The van der Waals surface area contributed by atoms with Crippen LogP contribution in [-0.4, -0.2) is 62.4 Å². The first kappa shape index (κ1) is 30.9. The van der Waals surface area contributed by atoms with E-state index in [1.54, 1.807) is 13.8 Å². The molecule has 36 heavy (non-hydrogen) atoms. The molecule has 0 spiro atoms. The minimum atomic E-state index is -0.857. The van der Waals surface area contributed by atoms with Crippen LogP contribution in [0.25, 0.3) is 0 Å². The standard InChI is InChI=1S/C14H22O4.C14H18O4/c2*1-8(2)6-7-10-9(3)11(15)13(17-4)14(18-5)12(10)16/h6,11-12,15-16H,7H2,1-5H3;6H,7H2,1-5H3. The Balaban J connectivity index is 0.000000360. The summed E-state index contributed by atoms with van der Waals surface area (Å²) >= 11 is 0. The van der Waals surface area contributed by atoms with Gasteiger partial charge in [0.15, 0.2) is 11.5 Å². The van der Waals surface area contributed by atoms with Crippen molar-refractivity contribution in [1.29, 1.82) is 0 Å². The molecular formula is C28H40O8. The van der Waals surface area contributed by atoms with Crippen LogP contribution in [0.5, 0.6) is 0 Å². The second kappa shape index (κ2) is 13.8. The van der Waals surface area contributed by atoms with Crippen molar-refractivity contribution in [2.24, 2.45) is 0 Å². The normalized spacial score (nSPS) is 20.1. The van der Waals surface area contributed by atoms with Gasteiger partial charge in [-0.25, -0.2) is 0 Å². The van der Waals surface area contributed by atoms with Crippen LogP contribution in [0.2, 0.25) is 0 Å². The smallest absolute Gasteiger partial charge is 0.228 e. The third-order valence-corrected chi connectivity index (χ3v) is 5.97. The Morgan fingerprint density at radius 1 is 0.722 bits per heavy atom. The summed E-state index contributed by atoms with van der Waals surface area (Å²) in [7, 11) is 5.63. The molecule has 0 aromatic rings. The van der Waals surface area contributed by atoms with Crippen LogP contribution in [0.15, 0.2) is 68.6 Å². The Morgan fingerprint density at radius 3 is 1.61 bits per heavy atom. The van der Waals surface area contributed by atoms with Gasteiger partial charge < -0.3 is 29.2 Å². The van der Waals surface area contributed by atoms with Gasteiger partial charge in [0.2, 0.25) is 23.1 Å². The first-order valence-corrected chi connectivity index (χ1v) is 11.6. The first-order chi connectivity index (χ1) is 16.9. The molecule has 2 rings (SSSR count). The van der Waals surface area contributed by atoms with Gasteiger partial charge in [-0.2, -0.15) is 0 Å². The number of allylic oxidation sites excluding steroid dienone is 6. The lowest BCUT2D eigenvalue weighted by Crippen LogP contribution is -2.31. The summed E-state index contributed by atoms with van der Waals surface area (Å²) in [6, 6.07) is 0. The molecule has 0 aliphatic heterocycles. The number of methoxy groups -OCH3 is 4. The number of ether oxygens (including phenoxy) is 4. The summed E-state index contributed by atoms with van der Waals surface area (Å²) in [5.74, 6) is -0.0162. The Kier molecular flexibility index (Phi) is 11.9. The number of rotatable bonds is 8. The largest absolute Gasteiger partial charge is 0.494 e. The predicted molar refractivity (Wildman–Crippen MR) is 138 cm³/mol. The number of Topliss-reactive ketones (excluding diaryl/α,β-unsaturated/α-hetero) is 2. The lowest BCUT2D eigenvalue weighted by atomic mass is 9.88. The van der Waals surface area contributed by atoms with Crippen molar-refractivity contribution >= 4 is 11.6 Å². The Labute approximate surface area is 214 Å². The third-order valence-electron chi connectivity index (χ3n) is 5.97. The summed E-state index contributed by atoms with van der Waals surface area (Å²) in [4.78, 5) is 24.2. The van der Waals surface area contributed by atoms with Crippen molar-refractivity contribution < 1.29 is 38.7 Å². The van der Waals surface area contributed by atoms with Crippen molar-refractivity contribution in [2.45, 2.75) is 66.6 Å². The molecule has 200 valence electrons. The molecule has 0 aromatic carbocycles. The molecule has 2 aliphatic carbocycles. The number of aliphatic hydroxyl groups is 2. The molecular weight excluding hydrogens is 464 g/mol. The topological polar surface area (TPSA) is 112 Å². The molecule has 2 atom stereocenters. The predicted octanol–water partition coefficient (Wildman–Crippen LogP) is 4.21. The highest BCUT2D eigenvalue weighted by molar-refractivity contribution is 6.23. The molecule has 2 unspecified atom stereocenters. The highest BCUT2D eigenvalue weighted by Crippen LogP contribution is 2.33. The number of hydrogen-bond acceptors (Lipinski definition) is 8. The van der Waals surface area contributed by atoms with Crippen LogP contribution >= 0.6 is 0 Å². The van der Waals surface area contributed by atoms with E-state index in [0.29, 0.717) is 24.0 Å². The fraction of sp³-hybridized carbons (Fsp3) is 0.500. The average Bonchev–Trinajstić information content (AvgIpc) is 2.83. The molecule has 2 aliphatic rings. The van der Waals surface area contributed by atoms with E-state index in [9.17, 15) is 19.8 Å². The van der Waals surface area contributed by atoms with Gasteiger partial charge in [-0.05, 0) is 65.5 Å². The number of hydrogen-bond donors (Lipinski definition) is 2. The molecule has 0 radical (unpaired) electrons. The van der Waals surface area contributed by atoms with Gasteiger partial charge in [-0.3, -0.25) is 9.59 Å². The van der Waals surface area contributed by atoms with E-state index in [1.165, 1.54) is 28.4 Å². The van der Waals surface area contributed by atoms with Gasteiger partial charge in [-0.15, -0.1) is 0 Å². The van der Waals surface area contributed by atoms with Crippen molar-refractivity contribution in [1.82, 2.24) is 0 Å². The van der Waals surface area contributed by atoms with E-state index in [2.05, 4.69) is 0 Å². The Bertz CT molecular complexity index is 1040. The molecule has 0 bridgehead atoms. The van der Waals surface area contributed by atoms with E-state index < -0.39 is 12.2 Å². The van der Waals surface area contributed by atoms with Gasteiger partial charge >= 0.3 is 0 Å². The molecule has 0 heterocycles. The molecule has 0 fully saturated rings. The maximum atomic E-state index is 12.2. The average molecular weight is 505 g/mol. The van der Waals surface area contributed by atoms with Crippen molar-refractivity contribution in [3.8, 4) is 0 Å². The fourth-order valence-electron chi connectivity index (χ4n) is 3.77. The summed E-state index contributed by atoms with van der Waals surface area (Å²) in [5, 5.41) is 20.4. The van der Waals surface area contributed by atoms with E-state index in [-0.39, 0.29) is 34.6 Å². The van der Waals surface area contributed by atoms with E-state index in [0.717, 1.165) is 22.3 Å². The zero-order chi connectivity index (χ0) is 27.7. The van der Waals surface area contributed by atoms with Crippen LogP contribution in [0.4, 0.5) is 0 Å². The van der Waals surface area contributed by atoms with E-state index in [4.69, 9.17) is 18.9 Å². The van der Waals surface area contributed by atoms with Crippen LogP contribution in [0.1, 0.15) is 54.4 Å². The van der Waals surface area contributed by atoms with Crippen molar-refractivity contribution in [3.05, 3.63) is 68.6 Å². The van der Waals surface area contributed by atoms with Crippen molar-refractivity contribution in [2.75, 3.05) is 28.4 Å². The highest BCUT2D eigenvalue weighted by atomic mass is 16.5. The highest BCUT2D eigenvalue weighted by Gasteiger charge is 2.35. The zero-order valence-corrected chi connectivity index (χ0v) is 23.1. The quantitative estimate of drug-likeness (QED) is 0.373. The molecule has 2 N–H and O–H groups in total. The summed E-state index contributed by atoms with van der Waals surface area (Å²) in [5.41, 5.74) is 4.64. The Morgan fingerprint density at radius 2 is 1.17 bits per heavy atom. The number of carbonyl (C=O) groups is 2. The number of ketones is 2. The van der Waals surface area contributed by atoms with Gasteiger partial charge in [0.05, 0.1) is 28.4 Å².